The first-order chi connectivity index (χ1) is 8.52. The topological polar surface area (TPSA) is 75.6 Å². The van der Waals surface area contributed by atoms with E-state index in [1.807, 2.05) is 0 Å². The molecule has 0 aliphatic carbocycles. The van der Waals surface area contributed by atoms with Crippen molar-refractivity contribution < 1.29 is 19.4 Å². The van der Waals surface area contributed by atoms with Gasteiger partial charge in [-0.15, -0.1) is 0 Å². The molecule has 0 aliphatic rings. The Morgan fingerprint density at radius 3 is 2.44 bits per heavy atom. The molecule has 5 heteroatoms. The van der Waals surface area contributed by atoms with Crippen LogP contribution in [0.4, 0.5) is 5.69 Å². The van der Waals surface area contributed by atoms with Gasteiger partial charge in [0.25, 0.3) is 0 Å². The van der Waals surface area contributed by atoms with E-state index >= 15 is 0 Å². The molecule has 1 rings (SSSR count). The van der Waals surface area contributed by atoms with E-state index in [2.05, 4.69) is 5.32 Å². The smallest absolute Gasteiger partial charge is 0.307 e. The zero-order valence-corrected chi connectivity index (χ0v) is 10.5. The summed E-state index contributed by atoms with van der Waals surface area (Å²) >= 11 is 0. The number of amides is 1. The van der Waals surface area contributed by atoms with Gasteiger partial charge in [0, 0.05) is 12.8 Å². The van der Waals surface area contributed by atoms with Crippen molar-refractivity contribution in [3.63, 3.8) is 0 Å². The maximum absolute atomic E-state index is 11.7. The fourth-order valence-corrected chi connectivity index (χ4v) is 1.47. The van der Waals surface area contributed by atoms with E-state index < -0.39 is 5.97 Å². The van der Waals surface area contributed by atoms with Crippen LogP contribution >= 0.6 is 0 Å². The average Bonchev–Trinajstić information content (AvgIpc) is 2.31. The van der Waals surface area contributed by atoms with Gasteiger partial charge in [-0.2, -0.15) is 0 Å². The number of benzene rings is 1. The number of carboxylic acid groups (broad SMARTS) is 1. The Morgan fingerprint density at radius 1 is 1.33 bits per heavy atom. The monoisotopic (exact) mass is 251 g/mol. The molecule has 0 heterocycles. The van der Waals surface area contributed by atoms with Crippen molar-refractivity contribution in [1.82, 2.24) is 0 Å². The molecule has 0 saturated heterocycles. The van der Waals surface area contributed by atoms with Crippen molar-refractivity contribution in [2.75, 3.05) is 19.0 Å². The third-order valence-electron chi connectivity index (χ3n) is 2.44. The van der Waals surface area contributed by atoms with Crippen molar-refractivity contribution in [1.29, 1.82) is 0 Å². The molecule has 1 aromatic rings. The number of carbonyl (C=O) groups is 2. The lowest BCUT2D eigenvalue weighted by Gasteiger charge is -2.11. The molecule has 1 amide bonds. The molecule has 98 valence electrons. The number of carbonyl (C=O) groups excluding carboxylic acids is 1. The fraction of sp³-hybridized carbons (Fsp3) is 0.385. The third-order valence-corrected chi connectivity index (χ3v) is 2.44. The van der Waals surface area contributed by atoms with Gasteiger partial charge < -0.3 is 15.2 Å². The lowest BCUT2D eigenvalue weighted by atomic mass is 10.1. The highest BCUT2D eigenvalue weighted by Crippen LogP contribution is 2.11. The zero-order chi connectivity index (χ0) is 13.5. The maximum Gasteiger partial charge on any atom is 0.307 e. The van der Waals surface area contributed by atoms with Crippen molar-refractivity contribution in [2.24, 2.45) is 5.92 Å². The van der Waals surface area contributed by atoms with E-state index in [1.54, 1.807) is 38.3 Å². The first-order valence-corrected chi connectivity index (χ1v) is 5.63. The van der Waals surface area contributed by atoms with Gasteiger partial charge in [0.15, 0.2) is 0 Å². The standard InChI is InChI=1S/C13H17NO4/c1-9(8-18-2)13(17)14-11-5-3-10(4-6-11)7-12(15)16/h3-6,9H,7-8H2,1-2H3,(H,14,17)(H,15,16). The van der Waals surface area contributed by atoms with Gasteiger partial charge in [0.05, 0.1) is 18.9 Å². The lowest BCUT2D eigenvalue weighted by Crippen LogP contribution is -2.23. The van der Waals surface area contributed by atoms with E-state index in [-0.39, 0.29) is 18.2 Å². The van der Waals surface area contributed by atoms with Crippen LogP contribution in [0.15, 0.2) is 24.3 Å². The second-order valence-corrected chi connectivity index (χ2v) is 4.11. The van der Waals surface area contributed by atoms with E-state index in [0.717, 1.165) is 0 Å². The minimum atomic E-state index is -0.875. The molecule has 0 radical (unpaired) electrons. The maximum atomic E-state index is 11.7. The number of rotatable bonds is 6. The summed E-state index contributed by atoms with van der Waals surface area (Å²) in [5.74, 6) is -1.22. The Hall–Kier alpha value is -1.88. The largest absolute Gasteiger partial charge is 0.481 e. The number of anilines is 1. The molecule has 2 N–H and O–H groups in total. The van der Waals surface area contributed by atoms with Gasteiger partial charge in [-0.05, 0) is 17.7 Å². The second-order valence-electron chi connectivity index (χ2n) is 4.11. The molecule has 0 fully saturated rings. The first-order valence-electron chi connectivity index (χ1n) is 5.63. The number of carboxylic acids is 1. The molecule has 0 aliphatic heterocycles. The first kappa shape index (κ1) is 14.2. The van der Waals surface area contributed by atoms with Crippen LogP contribution in [0.5, 0.6) is 0 Å². The number of hydrogen-bond acceptors (Lipinski definition) is 3. The van der Waals surface area contributed by atoms with Crippen LogP contribution in [-0.2, 0) is 20.7 Å². The molecular weight excluding hydrogens is 234 g/mol. The third kappa shape index (κ3) is 4.55. The normalized spacial score (nSPS) is 11.9. The average molecular weight is 251 g/mol. The number of ether oxygens (including phenoxy) is 1. The molecule has 18 heavy (non-hydrogen) atoms. The Kier molecular flexibility index (Phi) is 5.32. The summed E-state index contributed by atoms with van der Waals surface area (Å²) in [6.45, 7) is 2.14. The number of hydrogen-bond donors (Lipinski definition) is 2. The molecule has 0 spiro atoms. The molecule has 0 saturated carbocycles. The highest BCUT2D eigenvalue weighted by atomic mass is 16.5. The minimum Gasteiger partial charge on any atom is -0.481 e. The van der Waals surface area contributed by atoms with Gasteiger partial charge in [0.2, 0.25) is 5.91 Å². The summed E-state index contributed by atoms with van der Waals surface area (Å²) in [5.41, 5.74) is 1.35. The van der Waals surface area contributed by atoms with Crippen LogP contribution in [0.25, 0.3) is 0 Å². The Morgan fingerprint density at radius 2 is 1.94 bits per heavy atom. The highest BCUT2D eigenvalue weighted by molar-refractivity contribution is 5.92. The highest BCUT2D eigenvalue weighted by Gasteiger charge is 2.12. The van der Waals surface area contributed by atoms with Crippen molar-refractivity contribution in [3.05, 3.63) is 29.8 Å². The summed E-state index contributed by atoms with van der Waals surface area (Å²) in [4.78, 5) is 22.2. The van der Waals surface area contributed by atoms with Crippen molar-refractivity contribution in [2.45, 2.75) is 13.3 Å². The van der Waals surface area contributed by atoms with Crippen LogP contribution in [0, 0.1) is 5.92 Å². The van der Waals surface area contributed by atoms with E-state index in [1.165, 1.54) is 0 Å². The van der Waals surface area contributed by atoms with Crippen LogP contribution in [0.1, 0.15) is 12.5 Å². The Bertz CT molecular complexity index is 414. The minimum absolute atomic E-state index is 0.0195. The van der Waals surface area contributed by atoms with Crippen LogP contribution < -0.4 is 5.32 Å². The van der Waals surface area contributed by atoms with Crippen molar-refractivity contribution >= 4 is 17.6 Å². The summed E-state index contributed by atoms with van der Waals surface area (Å²) in [7, 11) is 1.55. The SMILES string of the molecule is COCC(C)C(=O)Nc1ccc(CC(=O)O)cc1. The van der Waals surface area contributed by atoms with Crippen molar-refractivity contribution in [3.8, 4) is 0 Å². The Balaban J connectivity index is 2.58. The predicted octanol–water partition coefficient (Wildman–Crippen LogP) is 1.53. The lowest BCUT2D eigenvalue weighted by molar-refractivity contribution is -0.136. The quantitative estimate of drug-likeness (QED) is 0.804. The van der Waals surface area contributed by atoms with Gasteiger partial charge in [-0.3, -0.25) is 9.59 Å². The summed E-state index contributed by atoms with van der Waals surface area (Å²) in [6.07, 6.45) is -0.0195. The summed E-state index contributed by atoms with van der Waals surface area (Å²) in [5, 5.41) is 11.4. The van der Waals surface area contributed by atoms with Gasteiger partial charge in [-0.1, -0.05) is 19.1 Å². The van der Waals surface area contributed by atoms with Crippen LogP contribution in [-0.4, -0.2) is 30.7 Å². The van der Waals surface area contributed by atoms with Crippen LogP contribution in [0.3, 0.4) is 0 Å². The number of aliphatic carboxylic acids is 1. The molecular formula is C13H17NO4. The van der Waals surface area contributed by atoms with Crippen LogP contribution in [0.2, 0.25) is 0 Å². The Labute approximate surface area is 106 Å². The summed E-state index contributed by atoms with van der Waals surface area (Å²) < 4.78 is 4.90. The molecule has 1 atom stereocenters. The van der Waals surface area contributed by atoms with Gasteiger partial charge >= 0.3 is 5.97 Å². The molecule has 0 bridgehead atoms. The predicted molar refractivity (Wildman–Crippen MR) is 67.5 cm³/mol. The van der Waals surface area contributed by atoms with E-state index in [9.17, 15) is 9.59 Å². The van der Waals surface area contributed by atoms with Gasteiger partial charge in [0.1, 0.15) is 0 Å². The fourth-order valence-electron chi connectivity index (χ4n) is 1.47. The molecule has 0 aromatic heterocycles. The zero-order valence-electron chi connectivity index (χ0n) is 10.5. The molecule has 1 aromatic carbocycles. The molecule has 1 unspecified atom stereocenters. The van der Waals surface area contributed by atoms with Gasteiger partial charge in [-0.25, -0.2) is 0 Å². The number of nitrogens with one attached hydrogen (secondary N) is 1. The molecule has 5 nitrogen and oxygen atoms in total. The van der Waals surface area contributed by atoms with E-state index in [4.69, 9.17) is 9.84 Å². The van der Waals surface area contributed by atoms with E-state index in [0.29, 0.717) is 17.9 Å². The summed E-state index contributed by atoms with van der Waals surface area (Å²) in [6, 6.07) is 6.75. The second kappa shape index (κ2) is 6.76. The number of methoxy groups -OCH3 is 1.